The van der Waals surface area contributed by atoms with Crippen molar-refractivity contribution in [3.8, 4) is 0 Å². The summed E-state index contributed by atoms with van der Waals surface area (Å²) in [6.45, 7) is 0. The number of carbonyl (C=O) groups excluding carboxylic acids is 1. The van der Waals surface area contributed by atoms with E-state index in [1.165, 1.54) is 12.3 Å². The molecule has 1 rings (SSSR count). The van der Waals surface area contributed by atoms with Gasteiger partial charge in [0, 0.05) is 18.0 Å². The van der Waals surface area contributed by atoms with E-state index in [4.69, 9.17) is 17.5 Å². The van der Waals surface area contributed by atoms with Crippen LogP contribution in [0, 0.1) is 0 Å². The third-order valence-electron chi connectivity index (χ3n) is 0.811. The SMILES string of the molecule is NC(=O)c1ccn(Cl)n1. The van der Waals surface area contributed by atoms with Gasteiger partial charge in [-0.2, -0.15) is 9.30 Å². The van der Waals surface area contributed by atoms with Gasteiger partial charge in [-0.05, 0) is 6.07 Å². The van der Waals surface area contributed by atoms with Crippen molar-refractivity contribution in [2.24, 2.45) is 5.73 Å². The largest absolute Gasteiger partial charge is 0.364 e. The number of hydrogen-bond donors (Lipinski definition) is 1. The molecule has 0 bridgehead atoms. The number of halogens is 1. The Hall–Kier alpha value is -1.03. The lowest BCUT2D eigenvalue weighted by Crippen LogP contribution is -2.11. The number of primary amides is 1. The molecule has 1 aromatic rings. The monoisotopic (exact) mass is 145 g/mol. The molecule has 0 aliphatic carbocycles. The number of nitrogens with zero attached hydrogens (tertiary/aromatic N) is 2. The fourth-order valence-electron chi connectivity index (χ4n) is 0.433. The maximum atomic E-state index is 10.3. The summed E-state index contributed by atoms with van der Waals surface area (Å²) in [5.41, 5.74) is 5.02. The molecule has 0 radical (unpaired) electrons. The van der Waals surface area contributed by atoms with Crippen molar-refractivity contribution >= 4 is 17.7 Å². The average molecular weight is 146 g/mol. The van der Waals surface area contributed by atoms with Crippen LogP contribution in [0.3, 0.4) is 0 Å². The van der Waals surface area contributed by atoms with Crippen molar-refractivity contribution < 1.29 is 4.79 Å². The van der Waals surface area contributed by atoms with E-state index < -0.39 is 5.91 Å². The van der Waals surface area contributed by atoms with E-state index >= 15 is 0 Å². The van der Waals surface area contributed by atoms with Crippen molar-refractivity contribution in [1.82, 2.24) is 9.30 Å². The Bertz CT molecular complexity index is 231. The van der Waals surface area contributed by atoms with Gasteiger partial charge in [-0.1, -0.05) is 0 Å². The number of aromatic nitrogens is 2. The van der Waals surface area contributed by atoms with Crippen LogP contribution >= 0.6 is 11.8 Å². The van der Waals surface area contributed by atoms with Gasteiger partial charge in [-0.3, -0.25) is 4.79 Å². The molecule has 0 aromatic carbocycles. The molecule has 1 aromatic heterocycles. The highest BCUT2D eigenvalue weighted by atomic mass is 35.5. The third-order valence-corrected chi connectivity index (χ3v) is 0.999. The highest BCUT2D eigenvalue weighted by molar-refractivity contribution is 6.14. The summed E-state index contributed by atoms with van der Waals surface area (Å²) < 4.78 is 1.00. The van der Waals surface area contributed by atoms with Crippen LogP contribution in [-0.4, -0.2) is 15.2 Å². The van der Waals surface area contributed by atoms with E-state index in [-0.39, 0.29) is 5.69 Å². The Morgan fingerprint density at radius 3 is 2.78 bits per heavy atom. The molecular formula is C4H4ClN3O. The van der Waals surface area contributed by atoms with Crippen molar-refractivity contribution in [2.45, 2.75) is 0 Å². The van der Waals surface area contributed by atoms with E-state index in [0.29, 0.717) is 0 Å². The zero-order valence-corrected chi connectivity index (χ0v) is 5.17. The van der Waals surface area contributed by atoms with Crippen LogP contribution in [0.5, 0.6) is 0 Å². The molecule has 0 aliphatic rings. The van der Waals surface area contributed by atoms with E-state index in [1.807, 2.05) is 0 Å². The lowest BCUT2D eigenvalue weighted by atomic mass is 10.4. The summed E-state index contributed by atoms with van der Waals surface area (Å²) in [6, 6.07) is 1.44. The molecular weight excluding hydrogens is 142 g/mol. The van der Waals surface area contributed by atoms with Gasteiger partial charge < -0.3 is 5.73 Å². The zero-order chi connectivity index (χ0) is 6.85. The van der Waals surface area contributed by atoms with Crippen LogP contribution in [0.4, 0.5) is 0 Å². The molecule has 0 saturated carbocycles. The van der Waals surface area contributed by atoms with E-state index in [2.05, 4.69) is 5.10 Å². The minimum atomic E-state index is -0.575. The maximum Gasteiger partial charge on any atom is 0.269 e. The van der Waals surface area contributed by atoms with Crippen molar-refractivity contribution in [1.29, 1.82) is 0 Å². The summed E-state index contributed by atoms with van der Waals surface area (Å²) in [6.07, 6.45) is 1.43. The van der Waals surface area contributed by atoms with Crippen molar-refractivity contribution in [2.75, 3.05) is 0 Å². The zero-order valence-electron chi connectivity index (χ0n) is 4.41. The highest BCUT2D eigenvalue weighted by Gasteiger charge is 2.01. The number of nitrogens with two attached hydrogens (primary N) is 1. The third kappa shape index (κ3) is 1.20. The summed E-state index contributed by atoms with van der Waals surface area (Å²) >= 11 is 5.30. The van der Waals surface area contributed by atoms with Gasteiger partial charge in [0.05, 0.1) is 0 Å². The predicted octanol–water partition coefficient (Wildman–Crippen LogP) is -0.0161. The van der Waals surface area contributed by atoms with Crippen LogP contribution in [0.15, 0.2) is 12.3 Å². The molecule has 2 N–H and O–H groups in total. The first-order valence-electron chi connectivity index (χ1n) is 2.22. The fourth-order valence-corrected chi connectivity index (χ4v) is 0.571. The van der Waals surface area contributed by atoms with E-state index in [1.54, 1.807) is 0 Å². The first kappa shape index (κ1) is 6.10. The lowest BCUT2D eigenvalue weighted by Gasteiger charge is -1.81. The van der Waals surface area contributed by atoms with Gasteiger partial charge in [0.15, 0.2) is 5.69 Å². The molecule has 0 saturated heterocycles. The predicted molar refractivity (Wildman–Crippen MR) is 32.0 cm³/mol. The quantitative estimate of drug-likeness (QED) is 0.604. The van der Waals surface area contributed by atoms with Crippen LogP contribution < -0.4 is 5.73 Å². The van der Waals surface area contributed by atoms with Crippen molar-refractivity contribution in [3.63, 3.8) is 0 Å². The molecule has 1 heterocycles. The molecule has 0 spiro atoms. The summed E-state index contributed by atoms with van der Waals surface area (Å²) in [4.78, 5) is 10.3. The fraction of sp³-hybridized carbons (Fsp3) is 0. The Kier molecular flexibility index (Phi) is 1.40. The molecule has 48 valence electrons. The smallest absolute Gasteiger partial charge is 0.269 e. The van der Waals surface area contributed by atoms with E-state index in [0.717, 1.165) is 4.20 Å². The Labute approximate surface area is 56.3 Å². The topological polar surface area (TPSA) is 60.9 Å². The molecule has 5 heteroatoms. The number of hydrogen-bond acceptors (Lipinski definition) is 2. The van der Waals surface area contributed by atoms with Gasteiger partial charge in [-0.25, -0.2) is 0 Å². The molecule has 1 amide bonds. The Morgan fingerprint density at radius 1 is 1.89 bits per heavy atom. The van der Waals surface area contributed by atoms with Gasteiger partial charge in [0.25, 0.3) is 5.91 Å². The molecule has 9 heavy (non-hydrogen) atoms. The van der Waals surface area contributed by atoms with Gasteiger partial charge in [0.1, 0.15) is 0 Å². The van der Waals surface area contributed by atoms with Crippen molar-refractivity contribution in [3.05, 3.63) is 18.0 Å². The molecule has 4 nitrogen and oxygen atoms in total. The van der Waals surface area contributed by atoms with E-state index in [9.17, 15) is 4.79 Å². The minimum absolute atomic E-state index is 0.171. The van der Waals surface area contributed by atoms with Gasteiger partial charge in [-0.15, -0.1) is 0 Å². The van der Waals surface area contributed by atoms with Crippen LogP contribution in [-0.2, 0) is 0 Å². The molecule has 0 fully saturated rings. The van der Waals surface area contributed by atoms with Crippen LogP contribution in [0.25, 0.3) is 0 Å². The Balaban J connectivity index is 2.98. The van der Waals surface area contributed by atoms with Gasteiger partial charge in [0.2, 0.25) is 0 Å². The van der Waals surface area contributed by atoms with Crippen LogP contribution in [0.2, 0.25) is 0 Å². The minimum Gasteiger partial charge on any atom is -0.364 e. The summed E-state index contributed by atoms with van der Waals surface area (Å²) in [5.74, 6) is -0.575. The number of carbonyl (C=O) groups is 1. The maximum absolute atomic E-state index is 10.3. The second kappa shape index (κ2) is 2.06. The first-order valence-corrected chi connectivity index (χ1v) is 2.55. The number of amides is 1. The first-order chi connectivity index (χ1) is 4.20. The second-order valence-electron chi connectivity index (χ2n) is 1.45. The second-order valence-corrected chi connectivity index (χ2v) is 1.80. The lowest BCUT2D eigenvalue weighted by molar-refractivity contribution is 0.0995. The van der Waals surface area contributed by atoms with Crippen LogP contribution in [0.1, 0.15) is 10.5 Å². The average Bonchev–Trinajstić information content (AvgIpc) is 2.14. The standard InChI is InChI=1S/C4H4ClN3O/c5-8-2-1-3(7-8)4(6)9/h1-2H,(H2,6,9). The number of rotatable bonds is 1. The normalized spacial score (nSPS) is 9.44. The summed E-state index contributed by atoms with van der Waals surface area (Å²) in [7, 11) is 0. The van der Waals surface area contributed by atoms with Gasteiger partial charge >= 0.3 is 0 Å². The summed E-state index contributed by atoms with van der Waals surface area (Å²) in [5, 5.41) is 3.52. The molecule has 0 aliphatic heterocycles. The highest BCUT2D eigenvalue weighted by Crippen LogP contribution is 1.94. The molecule has 0 unspecified atom stereocenters. The Morgan fingerprint density at radius 2 is 2.56 bits per heavy atom. The molecule has 0 atom stereocenters.